The second kappa shape index (κ2) is 5.75. The summed E-state index contributed by atoms with van der Waals surface area (Å²) in [6.07, 6.45) is 2.08. The van der Waals surface area contributed by atoms with E-state index in [2.05, 4.69) is 5.10 Å². The molecule has 114 valence electrons. The molecule has 0 radical (unpaired) electrons. The van der Waals surface area contributed by atoms with Gasteiger partial charge in [0.15, 0.2) is 5.82 Å². The smallest absolute Gasteiger partial charge is 0.282 e. The van der Waals surface area contributed by atoms with E-state index in [-0.39, 0.29) is 12.2 Å². The van der Waals surface area contributed by atoms with Crippen LogP contribution in [-0.2, 0) is 0 Å². The van der Waals surface area contributed by atoms with Crippen LogP contribution in [0.15, 0.2) is 47.4 Å². The molecule has 0 aliphatic carbocycles. The first-order valence-electron chi connectivity index (χ1n) is 7.16. The Balaban J connectivity index is 2.35. The van der Waals surface area contributed by atoms with Crippen molar-refractivity contribution in [3.63, 3.8) is 0 Å². The third-order valence-electron chi connectivity index (χ3n) is 3.70. The maximum atomic E-state index is 12.9. The zero-order chi connectivity index (χ0) is 15.7. The minimum absolute atomic E-state index is 0.0609. The lowest BCUT2D eigenvalue weighted by atomic mass is 10.2. The number of para-hydroxylation sites is 1. The standard InChI is InChI=1S/C16H18N4O2/c1-11-7-9-19-14(11)16(22)20(12-5-3-2-4-6-12)15(18-19)13(17)8-10-21/h2-7,9,13,21H,8,10,17H2,1H3/t13-/m0/s1. The quantitative estimate of drug-likeness (QED) is 0.757. The Hall–Kier alpha value is -2.44. The first-order valence-corrected chi connectivity index (χ1v) is 7.16. The number of aryl methyl sites for hydroxylation is 1. The maximum absolute atomic E-state index is 12.9. The van der Waals surface area contributed by atoms with E-state index in [0.717, 1.165) is 5.56 Å². The van der Waals surface area contributed by atoms with Crippen molar-refractivity contribution in [1.82, 2.24) is 14.2 Å². The van der Waals surface area contributed by atoms with Crippen LogP contribution in [0.4, 0.5) is 0 Å². The summed E-state index contributed by atoms with van der Waals surface area (Å²) in [6.45, 7) is 1.82. The van der Waals surface area contributed by atoms with E-state index in [9.17, 15) is 4.79 Å². The van der Waals surface area contributed by atoms with E-state index >= 15 is 0 Å². The highest BCUT2D eigenvalue weighted by atomic mass is 16.3. The third kappa shape index (κ3) is 2.32. The predicted molar refractivity (Wildman–Crippen MR) is 84.2 cm³/mol. The van der Waals surface area contributed by atoms with Crippen molar-refractivity contribution in [2.75, 3.05) is 6.61 Å². The lowest BCUT2D eigenvalue weighted by molar-refractivity contribution is 0.273. The molecule has 0 aliphatic rings. The molecule has 3 rings (SSSR count). The number of aliphatic hydroxyl groups is 1. The van der Waals surface area contributed by atoms with Crippen LogP contribution in [0.2, 0.25) is 0 Å². The summed E-state index contributed by atoms with van der Waals surface area (Å²) in [4.78, 5) is 12.9. The number of nitrogens with two attached hydrogens (primary N) is 1. The van der Waals surface area contributed by atoms with Gasteiger partial charge in [-0.15, -0.1) is 0 Å². The summed E-state index contributed by atoms with van der Waals surface area (Å²) in [5.41, 5.74) is 8.07. The third-order valence-corrected chi connectivity index (χ3v) is 3.70. The van der Waals surface area contributed by atoms with Gasteiger partial charge in [0.1, 0.15) is 5.52 Å². The molecule has 1 atom stereocenters. The number of hydrogen-bond donors (Lipinski definition) is 2. The molecule has 0 unspecified atom stereocenters. The fourth-order valence-corrected chi connectivity index (χ4v) is 2.57. The molecule has 1 aromatic carbocycles. The van der Waals surface area contributed by atoms with Gasteiger partial charge in [0.25, 0.3) is 5.56 Å². The van der Waals surface area contributed by atoms with Gasteiger partial charge < -0.3 is 10.8 Å². The normalized spacial score (nSPS) is 12.7. The molecule has 0 spiro atoms. The first-order chi connectivity index (χ1) is 10.6. The number of rotatable bonds is 4. The second-order valence-corrected chi connectivity index (χ2v) is 5.25. The SMILES string of the molecule is Cc1ccn2nc([C@@H](N)CCO)n(-c3ccccc3)c(=O)c12. The summed E-state index contributed by atoms with van der Waals surface area (Å²) in [7, 11) is 0. The van der Waals surface area contributed by atoms with Gasteiger partial charge in [-0.05, 0) is 37.1 Å². The van der Waals surface area contributed by atoms with Crippen molar-refractivity contribution < 1.29 is 5.11 Å². The number of fused-ring (bicyclic) bond motifs is 1. The Morgan fingerprint density at radius 1 is 1.27 bits per heavy atom. The van der Waals surface area contributed by atoms with Gasteiger partial charge in [-0.1, -0.05) is 18.2 Å². The van der Waals surface area contributed by atoms with Crippen LogP contribution < -0.4 is 11.3 Å². The van der Waals surface area contributed by atoms with Gasteiger partial charge in [0, 0.05) is 12.8 Å². The largest absolute Gasteiger partial charge is 0.396 e. The van der Waals surface area contributed by atoms with Crippen LogP contribution in [0.3, 0.4) is 0 Å². The van der Waals surface area contributed by atoms with E-state index in [0.29, 0.717) is 23.4 Å². The first kappa shape index (κ1) is 14.5. The van der Waals surface area contributed by atoms with Gasteiger partial charge in [0.2, 0.25) is 0 Å². The van der Waals surface area contributed by atoms with E-state index in [4.69, 9.17) is 10.8 Å². The zero-order valence-electron chi connectivity index (χ0n) is 12.3. The number of hydrogen-bond acceptors (Lipinski definition) is 4. The van der Waals surface area contributed by atoms with E-state index in [1.165, 1.54) is 4.57 Å². The van der Waals surface area contributed by atoms with Crippen LogP contribution in [0, 0.1) is 6.92 Å². The fourth-order valence-electron chi connectivity index (χ4n) is 2.57. The van der Waals surface area contributed by atoms with Crippen molar-refractivity contribution >= 4 is 5.52 Å². The maximum Gasteiger partial charge on any atom is 0.282 e. The highest BCUT2D eigenvalue weighted by molar-refractivity contribution is 5.54. The Kier molecular flexibility index (Phi) is 3.79. The monoisotopic (exact) mass is 298 g/mol. The van der Waals surface area contributed by atoms with Crippen molar-refractivity contribution in [3.8, 4) is 5.69 Å². The Morgan fingerprint density at radius 3 is 2.68 bits per heavy atom. The Morgan fingerprint density at radius 2 is 2.00 bits per heavy atom. The van der Waals surface area contributed by atoms with Crippen molar-refractivity contribution in [1.29, 1.82) is 0 Å². The average molecular weight is 298 g/mol. The fraction of sp³-hybridized carbons (Fsp3) is 0.250. The summed E-state index contributed by atoms with van der Waals surface area (Å²) in [6, 6.07) is 10.6. The van der Waals surface area contributed by atoms with Gasteiger partial charge >= 0.3 is 0 Å². The van der Waals surface area contributed by atoms with Crippen LogP contribution >= 0.6 is 0 Å². The number of aromatic nitrogens is 3. The van der Waals surface area contributed by atoms with Crippen LogP contribution in [-0.4, -0.2) is 25.9 Å². The summed E-state index contributed by atoms with van der Waals surface area (Å²) < 4.78 is 3.09. The Labute approximate surface area is 127 Å². The highest BCUT2D eigenvalue weighted by Gasteiger charge is 2.19. The molecule has 3 aromatic rings. The molecule has 2 heterocycles. The molecule has 0 aliphatic heterocycles. The topological polar surface area (TPSA) is 85.5 Å². The molecule has 0 fully saturated rings. The van der Waals surface area contributed by atoms with Crippen LogP contribution in [0.1, 0.15) is 23.9 Å². The minimum atomic E-state index is -0.523. The van der Waals surface area contributed by atoms with Crippen molar-refractivity contribution in [3.05, 3.63) is 64.3 Å². The number of benzene rings is 1. The molecular formula is C16H18N4O2. The number of aliphatic hydroxyl groups excluding tert-OH is 1. The molecule has 3 N–H and O–H groups in total. The van der Waals surface area contributed by atoms with Gasteiger partial charge in [-0.2, -0.15) is 5.10 Å². The van der Waals surface area contributed by atoms with E-state index in [1.807, 2.05) is 43.3 Å². The Bertz CT molecular complexity index is 852. The second-order valence-electron chi connectivity index (χ2n) is 5.25. The van der Waals surface area contributed by atoms with Gasteiger partial charge in [-0.25, -0.2) is 4.52 Å². The van der Waals surface area contributed by atoms with Crippen molar-refractivity contribution in [2.24, 2.45) is 5.73 Å². The van der Waals surface area contributed by atoms with E-state index in [1.54, 1.807) is 10.7 Å². The van der Waals surface area contributed by atoms with E-state index < -0.39 is 6.04 Å². The molecule has 6 heteroatoms. The van der Waals surface area contributed by atoms with Gasteiger partial charge in [0.05, 0.1) is 11.7 Å². The highest BCUT2D eigenvalue weighted by Crippen LogP contribution is 2.16. The molecule has 2 aromatic heterocycles. The lowest BCUT2D eigenvalue weighted by Crippen LogP contribution is -2.31. The zero-order valence-corrected chi connectivity index (χ0v) is 12.3. The molecule has 0 saturated heterocycles. The van der Waals surface area contributed by atoms with Crippen LogP contribution in [0.5, 0.6) is 0 Å². The summed E-state index contributed by atoms with van der Waals surface area (Å²) >= 11 is 0. The summed E-state index contributed by atoms with van der Waals surface area (Å²) in [5.74, 6) is 0.438. The predicted octanol–water partition coefficient (Wildman–Crippen LogP) is 1.18. The molecule has 0 saturated carbocycles. The average Bonchev–Trinajstić information content (AvgIpc) is 2.90. The number of nitrogens with zero attached hydrogens (tertiary/aromatic N) is 3. The van der Waals surface area contributed by atoms with Crippen LogP contribution in [0.25, 0.3) is 11.2 Å². The van der Waals surface area contributed by atoms with Gasteiger partial charge in [-0.3, -0.25) is 9.36 Å². The molecule has 22 heavy (non-hydrogen) atoms. The molecule has 6 nitrogen and oxygen atoms in total. The molecular weight excluding hydrogens is 280 g/mol. The lowest BCUT2D eigenvalue weighted by Gasteiger charge is -2.17. The van der Waals surface area contributed by atoms with Crippen molar-refractivity contribution in [2.45, 2.75) is 19.4 Å². The molecule has 0 bridgehead atoms. The minimum Gasteiger partial charge on any atom is -0.396 e. The molecule has 0 amide bonds. The summed E-state index contributed by atoms with van der Waals surface area (Å²) in [5, 5.41) is 13.6.